The third-order valence-electron chi connectivity index (χ3n) is 4.57. The summed E-state index contributed by atoms with van der Waals surface area (Å²) in [5, 5.41) is 18.8. The zero-order chi connectivity index (χ0) is 20.3. The molecule has 0 saturated carbocycles. The Labute approximate surface area is 165 Å². The number of benzene rings is 3. The van der Waals surface area contributed by atoms with Gasteiger partial charge in [0.1, 0.15) is 23.6 Å². The zero-order valence-corrected chi connectivity index (χ0v) is 16.3. The smallest absolute Gasteiger partial charge is 0.171 e. The Morgan fingerprint density at radius 2 is 0.929 bits per heavy atom. The number of aryl methyl sites for hydroxylation is 4. The molecule has 0 aliphatic heterocycles. The van der Waals surface area contributed by atoms with Gasteiger partial charge in [-0.3, -0.25) is 0 Å². The summed E-state index contributed by atoms with van der Waals surface area (Å²) in [7, 11) is 0. The van der Waals surface area contributed by atoms with Gasteiger partial charge in [0.15, 0.2) is 11.5 Å². The molecule has 4 heteroatoms. The highest BCUT2D eigenvalue weighted by molar-refractivity contribution is 5.59. The maximum atomic E-state index is 9.42. The van der Waals surface area contributed by atoms with Gasteiger partial charge < -0.3 is 9.47 Å². The molecule has 0 fully saturated rings. The highest BCUT2D eigenvalue weighted by atomic mass is 16.5. The quantitative estimate of drug-likeness (QED) is 0.546. The minimum absolute atomic E-state index is 0.248. The lowest BCUT2D eigenvalue weighted by Crippen LogP contribution is -1.98. The summed E-state index contributed by atoms with van der Waals surface area (Å²) in [4.78, 5) is 0. The van der Waals surface area contributed by atoms with Crippen molar-refractivity contribution in [3.05, 3.63) is 81.9 Å². The molecule has 3 aromatic carbocycles. The molecule has 0 spiro atoms. The average Bonchev–Trinajstić information content (AvgIpc) is 2.68. The molecule has 138 valence electrons. The van der Waals surface area contributed by atoms with E-state index in [-0.39, 0.29) is 11.1 Å². The molecular formula is C24H20N2O2. The highest BCUT2D eigenvalue weighted by Crippen LogP contribution is 2.40. The molecule has 0 saturated heterocycles. The number of nitrogens with zero attached hydrogens (tertiary/aromatic N) is 2. The van der Waals surface area contributed by atoms with E-state index in [2.05, 4.69) is 12.1 Å². The largest absolute Gasteiger partial charge is 0.453 e. The Hall–Kier alpha value is -3.76. The second kappa shape index (κ2) is 7.86. The van der Waals surface area contributed by atoms with Crippen molar-refractivity contribution in [1.82, 2.24) is 0 Å². The molecule has 0 aromatic heterocycles. The van der Waals surface area contributed by atoms with Gasteiger partial charge >= 0.3 is 0 Å². The van der Waals surface area contributed by atoms with E-state index in [0.717, 1.165) is 22.3 Å². The molecule has 0 aliphatic carbocycles. The number of hydrogen-bond acceptors (Lipinski definition) is 4. The summed E-state index contributed by atoms with van der Waals surface area (Å²) in [5.41, 5.74) is 4.39. The fraction of sp³-hybridized carbons (Fsp3) is 0.167. The van der Waals surface area contributed by atoms with E-state index < -0.39 is 0 Å². The van der Waals surface area contributed by atoms with Crippen molar-refractivity contribution in [2.75, 3.05) is 0 Å². The maximum Gasteiger partial charge on any atom is 0.171 e. The first-order valence-electron chi connectivity index (χ1n) is 8.91. The van der Waals surface area contributed by atoms with Gasteiger partial charge in [0.05, 0.1) is 11.1 Å². The van der Waals surface area contributed by atoms with Crippen molar-refractivity contribution in [3.63, 3.8) is 0 Å². The van der Waals surface area contributed by atoms with Gasteiger partial charge in [-0.25, -0.2) is 0 Å². The van der Waals surface area contributed by atoms with Crippen LogP contribution >= 0.6 is 0 Å². The van der Waals surface area contributed by atoms with Crippen LogP contribution in [0.25, 0.3) is 0 Å². The predicted molar refractivity (Wildman–Crippen MR) is 108 cm³/mol. The highest BCUT2D eigenvalue weighted by Gasteiger charge is 2.17. The summed E-state index contributed by atoms with van der Waals surface area (Å²) in [6, 6.07) is 19.0. The summed E-state index contributed by atoms with van der Waals surface area (Å²) in [6.45, 7) is 7.85. The molecule has 3 aromatic rings. The van der Waals surface area contributed by atoms with Crippen molar-refractivity contribution >= 4 is 0 Å². The first-order valence-corrected chi connectivity index (χ1v) is 8.91. The van der Waals surface area contributed by atoms with E-state index in [1.54, 1.807) is 12.1 Å². The fourth-order valence-corrected chi connectivity index (χ4v) is 3.04. The van der Waals surface area contributed by atoms with Crippen LogP contribution in [-0.4, -0.2) is 0 Å². The fourth-order valence-electron chi connectivity index (χ4n) is 3.04. The topological polar surface area (TPSA) is 66.0 Å². The van der Waals surface area contributed by atoms with Crippen LogP contribution in [0.5, 0.6) is 23.0 Å². The van der Waals surface area contributed by atoms with Gasteiger partial charge in [-0.05, 0) is 49.9 Å². The molecule has 0 unspecified atom stereocenters. The Bertz CT molecular complexity index is 1000. The van der Waals surface area contributed by atoms with Gasteiger partial charge in [-0.2, -0.15) is 10.5 Å². The lowest BCUT2D eigenvalue weighted by Gasteiger charge is -2.18. The van der Waals surface area contributed by atoms with Gasteiger partial charge in [0.25, 0.3) is 0 Å². The Balaban J connectivity index is 2.15. The average molecular weight is 368 g/mol. The lowest BCUT2D eigenvalue weighted by atomic mass is 10.1. The minimum atomic E-state index is 0.248. The molecule has 3 rings (SSSR count). The number of para-hydroxylation sites is 2. The van der Waals surface area contributed by atoms with Crippen molar-refractivity contribution in [1.29, 1.82) is 10.5 Å². The van der Waals surface area contributed by atoms with Gasteiger partial charge in [-0.1, -0.05) is 36.4 Å². The Morgan fingerprint density at radius 1 is 0.607 bits per heavy atom. The van der Waals surface area contributed by atoms with Gasteiger partial charge in [0.2, 0.25) is 0 Å². The van der Waals surface area contributed by atoms with Crippen LogP contribution in [0.4, 0.5) is 0 Å². The normalized spacial score (nSPS) is 10.1. The molecular weight excluding hydrogens is 348 g/mol. The molecule has 0 N–H and O–H groups in total. The van der Waals surface area contributed by atoms with Crippen LogP contribution in [0, 0.1) is 50.4 Å². The monoisotopic (exact) mass is 368 g/mol. The standard InChI is InChI=1S/C24H20N2O2/c1-15-7-5-8-16(2)23(15)27-21-11-19(13-25)20(14-26)12-22(21)28-24-17(3)9-6-10-18(24)4/h5-12H,1-4H3. The van der Waals surface area contributed by atoms with E-state index in [1.165, 1.54) is 0 Å². The summed E-state index contributed by atoms with van der Waals surface area (Å²) in [5.74, 6) is 2.22. The lowest BCUT2D eigenvalue weighted by molar-refractivity contribution is 0.412. The first kappa shape index (κ1) is 19.0. The third kappa shape index (κ3) is 3.68. The second-order valence-corrected chi connectivity index (χ2v) is 6.71. The number of rotatable bonds is 4. The molecule has 0 bridgehead atoms. The van der Waals surface area contributed by atoms with E-state index in [1.807, 2.05) is 64.1 Å². The Kier molecular flexibility index (Phi) is 5.34. The van der Waals surface area contributed by atoms with Crippen LogP contribution in [0.2, 0.25) is 0 Å². The van der Waals surface area contributed by atoms with Crippen molar-refractivity contribution in [2.45, 2.75) is 27.7 Å². The van der Waals surface area contributed by atoms with Crippen LogP contribution in [0.1, 0.15) is 33.4 Å². The zero-order valence-electron chi connectivity index (χ0n) is 16.3. The van der Waals surface area contributed by atoms with Crippen molar-refractivity contribution < 1.29 is 9.47 Å². The first-order chi connectivity index (χ1) is 13.4. The summed E-state index contributed by atoms with van der Waals surface area (Å²) < 4.78 is 12.4. The van der Waals surface area contributed by atoms with E-state index >= 15 is 0 Å². The molecule has 0 aliphatic rings. The SMILES string of the molecule is Cc1cccc(C)c1Oc1cc(C#N)c(C#N)cc1Oc1c(C)cccc1C. The molecule has 28 heavy (non-hydrogen) atoms. The molecule has 0 atom stereocenters. The summed E-state index contributed by atoms with van der Waals surface area (Å²) >= 11 is 0. The molecule has 4 nitrogen and oxygen atoms in total. The van der Waals surface area contributed by atoms with Gasteiger partial charge in [0, 0.05) is 12.1 Å². The van der Waals surface area contributed by atoms with Crippen LogP contribution in [0.3, 0.4) is 0 Å². The Morgan fingerprint density at radius 3 is 1.21 bits per heavy atom. The summed E-state index contributed by atoms with van der Waals surface area (Å²) in [6.07, 6.45) is 0. The van der Waals surface area contributed by atoms with E-state index in [0.29, 0.717) is 23.0 Å². The number of nitriles is 2. The van der Waals surface area contributed by atoms with E-state index in [9.17, 15) is 10.5 Å². The van der Waals surface area contributed by atoms with Gasteiger partial charge in [-0.15, -0.1) is 0 Å². The number of ether oxygens (including phenoxy) is 2. The minimum Gasteiger partial charge on any atom is -0.453 e. The van der Waals surface area contributed by atoms with Crippen LogP contribution < -0.4 is 9.47 Å². The molecule has 0 heterocycles. The number of hydrogen-bond donors (Lipinski definition) is 0. The van der Waals surface area contributed by atoms with E-state index in [4.69, 9.17) is 9.47 Å². The predicted octanol–water partition coefficient (Wildman–Crippen LogP) is 6.25. The molecule has 0 radical (unpaired) electrons. The third-order valence-corrected chi connectivity index (χ3v) is 4.57. The van der Waals surface area contributed by atoms with Crippen LogP contribution in [0.15, 0.2) is 48.5 Å². The van der Waals surface area contributed by atoms with Crippen molar-refractivity contribution in [2.24, 2.45) is 0 Å². The van der Waals surface area contributed by atoms with Crippen molar-refractivity contribution in [3.8, 4) is 35.1 Å². The van der Waals surface area contributed by atoms with Crippen LogP contribution in [-0.2, 0) is 0 Å². The molecule has 0 amide bonds. The maximum absolute atomic E-state index is 9.42. The second-order valence-electron chi connectivity index (χ2n) is 6.71.